The zero-order valence-electron chi connectivity index (χ0n) is 15.1. The zero-order valence-corrected chi connectivity index (χ0v) is 15.1. The van der Waals surface area contributed by atoms with Gasteiger partial charge in [0, 0.05) is 19.6 Å². The summed E-state index contributed by atoms with van der Waals surface area (Å²) in [6.07, 6.45) is 5.94. The minimum atomic E-state index is 0.0383. The van der Waals surface area contributed by atoms with Crippen LogP contribution in [-0.4, -0.2) is 31.5 Å². The third kappa shape index (κ3) is 5.87. The maximum absolute atomic E-state index is 12.0. The quantitative estimate of drug-likeness (QED) is 0.574. The molecule has 1 aromatic rings. The summed E-state index contributed by atoms with van der Waals surface area (Å²) in [4.78, 5) is 16.2. The number of benzene rings is 1. The Morgan fingerprint density at radius 1 is 1.17 bits per heavy atom. The van der Waals surface area contributed by atoms with Gasteiger partial charge in [-0.1, -0.05) is 43.0 Å². The molecule has 1 fully saturated rings. The molecule has 1 aliphatic carbocycles. The number of aliphatic imine (C=N–C) groups is 1. The van der Waals surface area contributed by atoms with Crippen molar-refractivity contribution in [2.45, 2.75) is 58.5 Å². The number of guanidine groups is 1. The Morgan fingerprint density at radius 3 is 2.58 bits per heavy atom. The fraction of sp³-hybridized carbons (Fsp3) is 0.579. The largest absolute Gasteiger partial charge is 0.352 e. The third-order valence-corrected chi connectivity index (χ3v) is 4.55. The number of nitrogens with zero attached hydrogens (tertiary/aromatic N) is 1. The smallest absolute Gasteiger partial charge is 0.239 e. The molecule has 0 bridgehead atoms. The molecule has 1 aromatic carbocycles. The van der Waals surface area contributed by atoms with Gasteiger partial charge < -0.3 is 16.0 Å². The van der Waals surface area contributed by atoms with Crippen LogP contribution >= 0.6 is 0 Å². The first-order valence-electron chi connectivity index (χ1n) is 8.88. The fourth-order valence-electron chi connectivity index (χ4n) is 3.13. The molecule has 2 rings (SSSR count). The maximum atomic E-state index is 12.0. The summed E-state index contributed by atoms with van der Waals surface area (Å²) < 4.78 is 0. The van der Waals surface area contributed by atoms with Crippen LogP contribution in [0.3, 0.4) is 0 Å². The van der Waals surface area contributed by atoms with Crippen molar-refractivity contribution in [1.29, 1.82) is 0 Å². The van der Waals surface area contributed by atoms with Crippen molar-refractivity contribution >= 4 is 11.9 Å². The van der Waals surface area contributed by atoms with Gasteiger partial charge in [0.05, 0.1) is 6.54 Å². The second kappa shape index (κ2) is 9.30. The fourth-order valence-corrected chi connectivity index (χ4v) is 3.13. The van der Waals surface area contributed by atoms with Crippen molar-refractivity contribution in [2.24, 2.45) is 4.99 Å². The van der Waals surface area contributed by atoms with Crippen LogP contribution in [-0.2, 0) is 11.3 Å². The van der Waals surface area contributed by atoms with E-state index in [1.54, 1.807) is 7.05 Å². The van der Waals surface area contributed by atoms with E-state index >= 15 is 0 Å². The number of amides is 1. The van der Waals surface area contributed by atoms with Crippen LogP contribution < -0.4 is 16.0 Å². The Morgan fingerprint density at radius 2 is 1.92 bits per heavy atom. The first-order valence-corrected chi connectivity index (χ1v) is 8.88. The van der Waals surface area contributed by atoms with E-state index in [0.29, 0.717) is 18.5 Å². The van der Waals surface area contributed by atoms with Gasteiger partial charge >= 0.3 is 0 Å². The summed E-state index contributed by atoms with van der Waals surface area (Å²) in [5.74, 6) is 0.685. The van der Waals surface area contributed by atoms with Crippen LogP contribution in [0.25, 0.3) is 0 Å². The Balaban J connectivity index is 1.74. The second-order valence-electron chi connectivity index (χ2n) is 6.61. The molecule has 3 N–H and O–H groups in total. The van der Waals surface area contributed by atoms with Crippen LogP contribution in [0.4, 0.5) is 0 Å². The number of carbonyl (C=O) groups excluding carboxylic acids is 1. The third-order valence-electron chi connectivity index (χ3n) is 4.55. The van der Waals surface area contributed by atoms with Crippen molar-refractivity contribution in [3.05, 3.63) is 34.9 Å². The first kappa shape index (κ1) is 18.3. The molecule has 0 atom stereocenters. The van der Waals surface area contributed by atoms with E-state index in [2.05, 4.69) is 53.0 Å². The monoisotopic (exact) mass is 330 g/mol. The highest BCUT2D eigenvalue weighted by Gasteiger charge is 2.15. The van der Waals surface area contributed by atoms with Crippen molar-refractivity contribution in [1.82, 2.24) is 16.0 Å². The van der Waals surface area contributed by atoms with Gasteiger partial charge in [-0.15, -0.1) is 0 Å². The highest BCUT2D eigenvalue weighted by molar-refractivity contribution is 5.86. The van der Waals surface area contributed by atoms with Gasteiger partial charge in [-0.3, -0.25) is 9.79 Å². The Bertz CT molecular complexity index is 577. The summed E-state index contributed by atoms with van der Waals surface area (Å²) in [6, 6.07) is 6.75. The summed E-state index contributed by atoms with van der Waals surface area (Å²) in [6.45, 7) is 5.15. The van der Waals surface area contributed by atoms with Crippen molar-refractivity contribution in [3.63, 3.8) is 0 Å². The lowest BCUT2D eigenvalue weighted by Crippen LogP contribution is -2.45. The van der Waals surface area contributed by atoms with Gasteiger partial charge in [0.1, 0.15) is 0 Å². The lowest BCUT2D eigenvalue weighted by molar-refractivity contribution is -0.120. The Kier molecular flexibility index (Phi) is 7.09. The maximum Gasteiger partial charge on any atom is 0.239 e. The Labute approximate surface area is 145 Å². The molecule has 0 aromatic heterocycles. The van der Waals surface area contributed by atoms with Gasteiger partial charge in [-0.2, -0.15) is 0 Å². The molecule has 1 aliphatic rings. The number of hydrogen-bond acceptors (Lipinski definition) is 2. The topological polar surface area (TPSA) is 65.5 Å². The predicted octanol–water partition coefficient (Wildman–Crippen LogP) is 2.42. The standard InChI is InChI=1S/C19H30N4O/c1-14-9-10-16(15(2)11-14)12-21-19(20-3)22-13-18(24)23-17-7-5-4-6-8-17/h9-11,17H,4-8,12-13H2,1-3H3,(H,23,24)(H2,20,21,22). The molecule has 24 heavy (non-hydrogen) atoms. The van der Waals surface area contributed by atoms with E-state index in [-0.39, 0.29) is 12.5 Å². The molecule has 0 saturated heterocycles. The number of nitrogens with one attached hydrogen (secondary N) is 3. The van der Waals surface area contributed by atoms with Gasteiger partial charge in [0.25, 0.3) is 0 Å². The molecule has 0 aliphatic heterocycles. The Hall–Kier alpha value is -2.04. The molecular weight excluding hydrogens is 300 g/mol. The molecule has 0 spiro atoms. The van der Waals surface area contributed by atoms with E-state index in [1.165, 1.54) is 36.0 Å². The number of hydrogen-bond donors (Lipinski definition) is 3. The normalized spacial score (nSPS) is 15.9. The minimum absolute atomic E-state index is 0.0383. The highest BCUT2D eigenvalue weighted by Crippen LogP contribution is 2.17. The SMILES string of the molecule is CN=C(NCC(=O)NC1CCCCC1)NCc1ccc(C)cc1C. The van der Waals surface area contributed by atoms with Crippen molar-refractivity contribution in [2.75, 3.05) is 13.6 Å². The van der Waals surface area contributed by atoms with E-state index in [1.807, 2.05) is 0 Å². The van der Waals surface area contributed by atoms with E-state index in [0.717, 1.165) is 12.8 Å². The summed E-state index contributed by atoms with van der Waals surface area (Å²) in [5, 5.41) is 9.45. The molecule has 0 heterocycles. The van der Waals surface area contributed by atoms with Gasteiger partial charge in [-0.05, 0) is 37.8 Å². The molecule has 132 valence electrons. The predicted molar refractivity (Wildman–Crippen MR) is 99.1 cm³/mol. The average molecular weight is 330 g/mol. The molecule has 5 heteroatoms. The van der Waals surface area contributed by atoms with Gasteiger partial charge in [-0.25, -0.2) is 0 Å². The van der Waals surface area contributed by atoms with E-state index in [9.17, 15) is 4.79 Å². The molecule has 1 saturated carbocycles. The van der Waals surface area contributed by atoms with Crippen LogP contribution in [0.5, 0.6) is 0 Å². The number of aryl methyl sites for hydroxylation is 2. The average Bonchev–Trinajstić information content (AvgIpc) is 2.57. The van der Waals surface area contributed by atoms with Crippen LogP contribution in [0.15, 0.2) is 23.2 Å². The zero-order chi connectivity index (χ0) is 17.4. The molecule has 0 radical (unpaired) electrons. The molecule has 0 unspecified atom stereocenters. The van der Waals surface area contributed by atoms with Gasteiger partial charge in [0.2, 0.25) is 5.91 Å². The second-order valence-corrected chi connectivity index (χ2v) is 6.61. The summed E-state index contributed by atoms with van der Waals surface area (Å²) in [5.41, 5.74) is 3.75. The first-order chi connectivity index (χ1) is 11.6. The van der Waals surface area contributed by atoms with Crippen LogP contribution in [0, 0.1) is 13.8 Å². The molecule has 5 nitrogen and oxygen atoms in total. The van der Waals surface area contributed by atoms with Crippen LogP contribution in [0.1, 0.15) is 48.8 Å². The van der Waals surface area contributed by atoms with Gasteiger partial charge in [0.15, 0.2) is 5.96 Å². The van der Waals surface area contributed by atoms with Crippen LogP contribution in [0.2, 0.25) is 0 Å². The van der Waals surface area contributed by atoms with Crippen molar-refractivity contribution < 1.29 is 4.79 Å². The highest BCUT2D eigenvalue weighted by atomic mass is 16.2. The van der Waals surface area contributed by atoms with E-state index in [4.69, 9.17) is 0 Å². The van der Waals surface area contributed by atoms with Crippen molar-refractivity contribution in [3.8, 4) is 0 Å². The lowest BCUT2D eigenvalue weighted by atomic mass is 9.95. The number of rotatable bonds is 5. The summed E-state index contributed by atoms with van der Waals surface area (Å²) in [7, 11) is 1.72. The van der Waals surface area contributed by atoms with E-state index < -0.39 is 0 Å². The number of carbonyl (C=O) groups is 1. The minimum Gasteiger partial charge on any atom is -0.352 e. The summed E-state index contributed by atoms with van der Waals surface area (Å²) >= 11 is 0. The molecular formula is C19H30N4O. The molecule has 1 amide bonds. The lowest BCUT2D eigenvalue weighted by Gasteiger charge is -2.23.